The number of carbonyl (C=O) groups excluding carboxylic acids is 1. The highest BCUT2D eigenvalue weighted by atomic mass is 19.4. The van der Waals surface area contributed by atoms with Crippen LogP contribution in [-0.2, 0) is 4.79 Å². The molecule has 1 fully saturated rings. The molecule has 1 N–H and O–H groups in total. The smallest absolute Gasteiger partial charge is 0.470 e. The van der Waals surface area contributed by atoms with Crippen LogP contribution in [0.1, 0.15) is 19.3 Å². The van der Waals surface area contributed by atoms with Crippen molar-refractivity contribution in [1.29, 1.82) is 0 Å². The molecule has 0 heterocycles. The van der Waals surface area contributed by atoms with Crippen LogP contribution in [-0.4, -0.2) is 40.3 Å². The van der Waals surface area contributed by atoms with E-state index >= 15 is 0 Å². The predicted molar refractivity (Wildman–Crippen MR) is 44.9 cm³/mol. The summed E-state index contributed by atoms with van der Waals surface area (Å²) in [5, 5.41) is 18.8. The number of aliphatic hydroxyl groups is 1. The predicted octanol–water partition coefficient (Wildman–Crippen LogP) is 1.42. The molecule has 0 aromatic heterocycles. The van der Waals surface area contributed by atoms with Gasteiger partial charge in [0.25, 0.3) is 5.92 Å². The number of carbonyl (C=O) groups is 1. The second kappa shape index (κ2) is 4.37. The van der Waals surface area contributed by atoms with Gasteiger partial charge in [-0.2, -0.15) is 13.2 Å². The minimum atomic E-state index is -5.53. The van der Waals surface area contributed by atoms with Crippen molar-refractivity contribution >= 4 is 5.91 Å². The number of hydrogen-bond donors (Lipinski definition) is 1. The molecule has 1 rings (SSSR count). The minimum Gasteiger partial charge on any atom is -0.756 e. The van der Waals surface area contributed by atoms with Gasteiger partial charge in [-0.1, -0.05) is 0 Å². The maximum Gasteiger partial charge on any atom is 0.470 e. The van der Waals surface area contributed by atoms with E-state index in [2.05, 4.69) is 0 Å². The first kappa shape index (κ1) is 14.1. The topological polar surface area (TPSA) is 63.6 Å². The van der Waals surface area contributed by atoms with Crippen LogP contribution in [0.2, 0.25) is 0 Å². The Kier molecular flexibility index (Phi) is 3.63. The molecule has 0 aromatic carbocycles. The summed E-state index contributed by atoms with van der Waals surface area (Å²) in [5.41, 5.74) is 0. The molecule has 17 heavy (non-hydrogen) atoms. The molecule has 0 unspecified atom stereocenters. The highest BCUT2D eigenvalue weighted by molar-refractivity contribution is 5.82. The van der Waals surface area contributed by atoms with Crippen LogP contribution in [0.15, 0.2) is 0 Å². The third kappa shape index (κ3) is 2.83. The molecule has 0 spiro atoms. The van der Waals surface area contributed by atoms with E-state index in [1.54, 1.807) is 0 Å². The van der Waals surface area contributed by atoms with Crippen molar-refractivity contribution < 1.29 is 31.9 Å². The molecule has 1 saturated carbocycles. The zero-order chi connectivity index (χ0) is 13.4. The fourth-order valence-corrected chi connectivity index (χ4v) is 1.71. The van der Waals surface area contributed by atoms with Crippen molar-refractivity contribution in [1.82, 2.24) is 5.06 Å². The Bertz CT molecular complexity index is 306. The molecule has 1 amide bonds. The molecular weight excluding hydrogens is 253 g/mol. The quantitative estimate of drug-likeness (QED) is 0.574. The standard InChI is InChI=1S/C8H9F5NO3/c9-7(10)3-1-2-4(15)5(7)14(17)6(16)8(11,12)13/h4-5,15H,1-3H2/q-1/t4-,5-/m1/s1. The minimum absolute atomic E-state index is 0.126. The summed E-state index contributed by atoms with van der Waals surface area (Å²) in [6, 6.07) is -2.68. The molecule has 2 atom stereocenters. The van der Waals surface area contributed by atoms with Gasteiger partial charge < -0.3 is 15.4 Å². The number of hydrogen-bond acceptors (Lipinski definition) is 3. The van der Waals surface area contributed by atoms with Crippen molar-refractivity contribution in [3.8, 4) is 0 Å². The van der Waals surface area contributed by atoms with Gasteiger partial charge in [0.15, 0.2) is 0 Å². The lowest BCUT2D eigenvalue weighted by molar-refractivity contribution is -0.200. The third-order valence-corrected chi connectivity index (χ3v) is 2.50. The van der Waals surface area contributed by atoms with Gasteiger partial charge >= 0.3 is 12.1 Å². The van der Waals surface area contributed by atoms with Crippen LogP contribution in [0.25, 0.3) is 0 Å². The second-order valence-corrected chi connectivity index (χ2v) is 3.79. The molecule has 0 radical (unpaired) electrons. The Morgan fingerprint density at radius 3 is 2.35 bits per heavy atom. The van der Waals surface area contributed by atoms with Crippen LogP contribution < -0.4 is 0 Å². The first-order valence-electron chi connectivity index (χ1n) is 4.71. The summed E-state index contributed by atoms with van der Waals surface area (Å²) >= 11 is 0. The van der Waals surface area contributed by atoms with E-state index in [4.69, 9.17) is 5.11 Å². The van der Waals surface area contributed by atoms with Gasteiger partial charge in [-0.15, -0.1) is 0 Å². The van der Waals surface area contributed by atoms with Crippen molar-refractivity contribution in [3.05, 3.63) is 5.21 Å². The van der Waals surface area contributed by atoms with Gasteiger partial charge in [0.2, 0.25) is 0 Å². The summed E-state index contributed by atoms with van der Waals surface area (Å²) in [6.07, 6.45) is -8.70. The monoisotopic (exact) mass is 262 g/mol. The maximum absolute atomic E-state index is 13.2. The first-order chi connectivity index (χ1) is 7.57. The molecule has 100 valence electrons. The Hall–Kier alpha value is -0.960. The van der Waals surface area contributed by atoms with Gasteiger partial charge in [0, 0.05) is 6.42 Å². The van der Waals surface area contributed by atoms with Crippen LogP contribution >= 0.6 is 0 Å². The fraction of sp³-hybridized carbons (Fsp3) is 0.875. The van der Waals surface area contributed by atoms with Gasteiger partial charge in [-0.25, -0.2) is 8.78 Å². The van der Waals surface area contributed by atoms with E-state index in [1.807, 2.05) is 0 Å². The van der Waals surface area contributed by atoms with E-state index in [0.717, 1.165) is 0 Å². The molecular formula is C8H9F5NO3-. The van der Waals surface area contributed by atoms with E-state index < -0.39 is 41.6 Å². The first-order valence-corrected chi connectivity index (χ1v) is 4.71. The second-order valence-electron chi connectivity index (χ2n) is 3.79. The maximum atomic E-state index is 13.2. The van der Waals surface area contributed by atoms with E-state index in [9.17, 15) is 32.0 Å². The summed E-state index contributed by atoms with van der Waals surface area (Å²) < 4.78 is 62.1. The van der Waals surface area contributed by atoms with Crippen molar-refractivity contribution in [2.45, 2.75) is 43.5 Å². The summed E-state index contributed by atoms with van der Waals surface area (Å²) in [5.74, 6) is -6.75. The van der Waals surface area contributed by atoms with Gasteiger partial charge in [0.05, 0.1) is 6.10 Å². The fourth-order valence-electron chi connectivity index (χ4n) is 1.71. The largest absolute Gasteiger partial charge is 0.756 e. The van der Waals surface area contributed by atoms with E-state index in [-0.39, 0.29) is 12.8 Å². The number of amides is 1. The molecule has 9 heteroatoms. The van der Waals surface area contributed by atoms with Gasteiger partial charge in [-0.05, 0) is 12.8 Å². The number of halogens is 5. The van der Waals surface area contributed by atoms with Crippen LogP contribution in [0, 0.1) is 5.21 Å². The molecule has 1 aliphatic carbocycles. The normalized spacial score (nSPS) is 28.9. The van der Waals surface area contributed by atoms with Gasteiger partial charge in [0.1, 0.15) is 6.04 Å². The highest BCUT2D eigenvalue weighted by Gasteiger charge is 2.52. The summed E-state index contributed by atoms with van der Waals surface area (Å²) in [6.45, 7) is 0. The lowest BCUT2D eigenvalue weighted by Gasteiger charge is -2.45. The molecule has 1 aliphatic rings. The Labute approximate surface area is 92.6 Å². The van der Waals surface area contributed by atoms with E-state index in [1.165, 1.54) is 0 Å². The lowest BCUT2D eigenvalue weighted by Crippen LogP contribution is -2.58. The Balaban J connectivity index is 2.92. The van der Waals surface area contributed by atoms with Gasteiger partial charge in [-0.3, -0.25) is 4.79 Å². The van der Waals surface area contributed by atoms with Crippen molar-refractivity contribution in [3.63, 3.8) is 0 Å². The Morgan fingerprint density at radius 1 is 1.41 bits per heavy atom. The van der Waals surface area contributed by atoms with Crippen LogP contribution in [0.5, 0.6) is 0 Å². The number of hydroxylamine groups is 2. The number of rotatable bonds is 1. The number of aliphatic hydroxyl groups excluding tert-OH is 1. The van der Waals surface area contributed by atoms with E-state index in [0.29, 0.717) is 0 Å². The van der Waals surface area contributed by atoms with Crippen molar-refractivity contribution in [2.24, 2.45) is 0 Å². The summed E-state index contributed by atoms with van der Waals surface area (Å²) in [7, 11) is 0. The van der Waals surface area contributed by atoms with Crippen LogP contribution in [0.3, 0.4) is 0 Å². The zero-order valence-corrected chi connectivity index (χ0v) is 8.38. The molecule has 4 nitrogen and oxygen atoms in total. The Morgan fingerprint density at radius 2 is 1.94 bits per heavy atom. The summed E-state index contributed by atoms with van der Waals surface area (Å²) in [4.78, 5) is 10.5. The highest BCUT2D eigenvalue weighted by Crippen LogP contribution is 2.37. The molecule has 0 saturated heterocycles. The number of nitrogens with zero attached hydrogens (tertiary/aromatic N) is 1. The number of alkyl halides is 5. The van der Waals surface area contributed by atoms with Crippen molar-refractivity contribution in [2.75, 3.05) is 0 Å². The molecule has 0 bridgehead atoms. The lowest BCUT2D eigenvalue weighted by atomic mass is 9.88. The van der Waals surface area contributed by atoms with Crippen LogP contribution in [0.4, 0.5) is 22.0 Å². The average Bonchev–Trinajstić information content (AvgIpc) is 2.13. The third-order valence-electron chi connectivity index (χ3n) is 2.50. The zero-order valence-electron chi connectivity index (χ0n) is 8.38. The molecule has 0 aliphatic heterocycles. The molecule has 0 aromatic rings. The SMILES string of the molecule is O=C(N([O-])[C@@H]1[C@H](O)CCCC1(F)F)C(F)(F)F. The average molecular weight is 262 g/mol.